The molecule has 1 unspecified atom stereocenters. The van der Waals surface area contributed by atoms with Gasteiger partial charge in [0.05, 0.1) is 13.2 Å². The van der Waals surface area contributed by atoms with E-state index in [2.05, 4.69) is 5.32 Å². The van der Waals surface area contributed by atoms with Gasteiger partial charge in [-0.15, -0.1) is 0 Å². The molecule has 5 nitrogen and oxygen atoms in total. The molecule has 1 aliphatic heterocycles. The number of alkyl halides is 3. The monoisotopic (exact) mass is 266 g/mol. The van der Waals surface area contributed by atoms with Gasteiger partial charge < -0.3 is 15.0 Å². The number of amides is 2. The average molecular weight is 266 g/mol. The Balaban J connectivity index is 2.04. The van der Waals surface area contributed by atoms with E-state index in [4.69, 9.17) is 4.74 Å². The Morgan fingerprint density at radius 2 is 1.94 bits per heavy atom. The number of hydrogen-bond acceptors (Lipinski definition) is 3. The van der Waals surface area contributed by atoms with Crippen molar-refractivity contribution in [3.05, 3.63) is 0 Å². The molecule has 1 saturated heterocycles. The van der Waals surface area contributed by atoms with Crippen LogP contribution >= 0.6 is 0 Å². The highest BCUT2D eigenvalue weighted by Gasteiger charge is 2.47. The number of nitrogens with zero attached hydrogens (tertiary/aromatic N) is 1. The van der Waals surface area contributed by atoms with Crippen molar-refractivity contribution in [2.24, 2.45) is 0 Å². The van der Waals surface area contributed by atoms with Crippen LogP contribution in [0.3, 0.4) is 0 Å². The first-order valence-electron chi connectivity index (χ1n) is 5.65. The Morgan fingerprint density at radius 3 is 2.50 bits per heavy atom. The maximum Gasteiger partial charge on any atom is 0.471 e. The van der Waals surface area contributed by atoms with Gasteiger partial charge in [0.2, 0.25) is 5.91 Å². The third kappa shape index (κ3) is 2.92. The number of ether oxygens (including phenoxy) is 1. The zero-order chi connectivity index (χ0) is 13.3. The molecular weight excluding hydrogens is 253 g/mol. The fourth-order valence-electron chi connectivity index (χ4n) is 1.75. The number of rotatable bonds is 2. The van der Waals surface area contributed by atoms with Gasteiger partial charge in [-0.25, -0.2) is 0 Å². The van der Waals surface area contributed by atoms with Crippen molar-refractivity contribution in [2.75, 3.05) is 19.8 Å². The Hall–Kier alpha value is -1.31. The molecule has 0 spiro atoms. The van der Waals surface area contributed by atoms with E-state index in [0.29, 0.717) is 4.90 Å². The topological polar surface area (TPSA) is 58.6 Å². The second kappa shape index (κ2) is 4.75. The third-order valence-electron chi connectivity index (χ3n) is 2.86. The predicted octanol–water partition coefficient (Wildman–Crippen LogP) is 0.0547. The highest BCUT2D eigenvalue weighted by Crippen LogP contribution is 2.23. The number of hydrogen-bond donors (Lipinski definition) is 1. The van der Waals surface area contributed by atoms with Gasteiger partial charge >= 0.3 is 12.1 Å². The van der Waals surface area contributed by atoms with Gasteiger partial charge in [0, 0.05) is 12.6 Å². The summed E-state index contributed by atoms with van der Waals surface area (Å²) >= 11 is 0. The van der Waals surface area contributed by atoms with E-state index in [-0.39, 0.29) is 25.8 Å². The molecule has 0 aromatic heterocycles. The second-order valence-corrected chi connectivity index (χ2v) is 4.37. The Bertz CT molecular complexity index is 355. The fourth-order valence-corrected chi connectivity index (χ4v) is 1.75. The lowest BCUT2D eigenvalue weighted by molar-refractivity contribution is -0.193. The fraction of sp³-hybridized carbons (Fsp3) is 0.800. The summed E-state index contributed by atoms with van der Waals surface area (Å²) in [5, 5.41) is 2.58. The molecule has 2 rings (SSSR count). The molecule has 102 valence electrons. The van der Waals surface area contributed by atoms with Crippen LogP contribution in [0.4, 0.5) is 13.2 Å². The van der Waals surface area contributed by atoms with Crippen molar-refractivity contribution in [2.45, 2.75) is 31.1 Å². The van der Waals surface area contributed by atoms with Crippen molar-refractivity contribution >= 4 is 11.8 Å². The summed E-state index contributed by atoms with van der Waals surface area (Å²) in [6.45, 7) is -0.406. The first-order chi connectivity index (χ1) is 8.39. The summed E-state index contributed by atoms with van der Waals surface area (Å²) in [4.78, 5) is 23.5. The summed E-state index contributed by atoms with van der Waals surface area (Å²) in [7, 11) is 0. The van der Waals surface area contributed by atoms with E-state index in [9.17, 15) is 22.8 Å². The number of carbonyl (C=O) groups is 2. The van der Waals surface area contributed by atoms with Crippen LogP contribution < -0.4 is 5.32 Å². The number of halogens is 3. The van der Waals surface area contributed by atoms with Crippen LogP contribution in [0.1, 0.15) is 12.8 Å². The molecule has 0 radical (unpaired) electrons. The molecular formula is C10H13F3N2O3. The highest BCUT2D eigenvalue weighted by molar-refractivity contribution is 5.90. The largest absolute Gasteiger partial charge is 0.471 e. The molecule has 1 atom stereocenters. The van der Waals surface area contributed by atoms with E-state index >= 15 is 0 Å². The summed E-state index contributed by atoms with van der Waals surface area (Å²) in [5.41, 5.74) is 0. The average Bonchev–Trinajstić information content (AvgIpc) is 3.10. The zero-order valence-electron chi connectivity index (χ0n) is 9.50. The lowest BCUT2D eigenvalue weighted by Crippen LogP contribution is -2.58. The molecule has 18 heavy (non-hydrogen) atoms. The van der Waals surface area contributed by atoms with Crippen molar-refractivity contribution in [1.29, 1.82) is 0 Å². The zero-order valence-corrected chi connectivity index (χ0v) is 9.50. The quantitative estimate of drug-likeness (QED) is 0.768. The van der Waals surface area contributed by atoms with Crippen LogP contribution in [0.5, 0.6) is 0 Å². The molecule has 1 N–H and O–H groups in total. The molecule has 2 aliphatic rings. The number of morpholine rings is 1. The SMILES string of the molecule is O=C(NC1CC1)C1COCCN1C(=O)C(F)(F)F. The predicted molar refractivity (Wildman–Crippen MR) is 53.5 cm³/mol. The van der Waals surface area contributed by atoms with Crippen molar-refractivity contribution in [1.82, 2.24) is 10.2 Å². The molecule has 0 aromatic carbocycles. The second-order valence-electron chi connectivity index (χ2n) is 4.37. The summed E-state index contributed by atoms with van der Waals surface area (Å²) in [5.74, 6) is -2.56. The molecule has 1 saturated carbocycles. The maximum absolute atomic E-state index is 12.4. The minimum absolute atomic E-state index is 0.00896. The van der Waals surface area contributed by atoms with Gasteiger partial charge in [0.1, 0.15) is 6.04 Å². The third-order valence-corrected chi connectivity index (χ3v) is 2.86. The molecule has 1 aliphatic carbocycles. The first kappa shape index (κ1) is 13.1. The minimum atomic E-state index is -4.96. The van der Waals surface area contributed by atoms with Gasteiger partial charge in [0.15, 0.2) is 0 Å². The van der Waals surface area contributed by atoms with Crippen LogP contribution in [0.2, 0.25) is 0 Å². The summed E-state index contributed by atoms with van der Waals surface area (Å²) in [6, 6.07) is -1.16. The molecule has 0 aromatic rings. The molecule has 2 fully saturated rings. The van der Waals surface area contributed by atoms with E-state index in [0.717, 1.165) is 12.8 Å². The van der Waals surface area contributed by atoms with Crippen LogP contribution in [-0.2, 0) is 14.3 Å². The number of nitrogens with one attached hydrogen (secondary N) is 1. The normalized spacial score (nSPS) is 24.8. The highest BCUT2D eigenvalue weighted by atomic mass is 19.4. The van der Waals surface area contributed by atoms with Gasteiger partial charge in [-0.2, -0.15) is 13.2 Å². The summed E-state index contributed by atoms with van der Waals surface area (Å²) < 4.78 is 42.1. The van der Waals surface area contributed by atoms with E-state index in [1.54, 1.807) is 0 Å². The van der Waals surface area contributed by atoms with Gasteiger partial charge in [-0.3, -0.25) is 9.59 Å². The van der Waals surface area contributed by atoms with Gasteiger partial charge in [-0.1, -0.05) is 0 Å². The van der Waals surface area contributed by atoms with E-state index < -0.39 is 24.0 Å². The molecule has 2 amide bonds. The van der Waals surface area contributed by atoms with E-state index in [1.807, 2.05) is 0 Å². The molecule has 8 heteroatoms. The maximum atomic E-state index is 12.4. The number of carbonyl (C=O) groups excluding carboxylic acids is 2. The van der Waals surface area contributed by atoms with Gasteiger partial charge in [-0.05, 0) is 12.8 Å². The van der Waals surface area contributed by atoms with Crippen LogP contribution in [0, 0.1) is 0 Å². The molecule has 0 bridgehead atoms. The van der Waals surface area contributed by atoms with Crippen LogP contribution in [-0.4, -0.2) is 54.7 Å². The van der Waals surface area contributed by atoms with Crippen LogP contribution in [0.25, 0.3) is 0 Å². The van der Waals surface area contributed by atoms with Crippen molar-refractivity contribution in [3.8, 4) is 0 Å². The van der Waals surface area contributed by atoms with E-state index in [1.165, 1.54) is 0 Å². The standard InChI is InChI=1S/C10H13F3N2O3/c11-10(12,13)9(17)15-3-4-18-5-7(15)8(16)14-6-1-2-6/h6-7H,1-5H2,(H,14,16). The van der Waals surface area contributed by atoms with Gasteiger partial charge in [0.25, 0.3) is 0 Å². The molecule has 1 heterocycles. The smallest absolute Gasteiger partial charge is 0.377 e. The van der Waals surface area contributed by atoms with Crippen molar-refractivity contribution in [3.63, 3.8) is 0 Å². The first-order valence-corrected chi connectivity index (χ1v) is 5.65. The van der Waals surface area contributed by atoms with Crippen LogP contribution in [0.15, 0.2) is 0 Å². The lowest BCUT2D eigenvalue weighted by atomic mass is 10.2. The Morgan fingerprint density at radius 1 is 1.28 bits per heavy atom. The van der Waals surface area contributed by atoms with Crippen molar-refractivity contribution < 1.29 is 27.5 Å². The Kier molecular flexibility index (Phi) is 3.47. The lowest BCUT2D eigenvalue weighted by Gasteiger charge is -2.34. The Labute approximate surface area is 101 Å². The minimum Gasteiger partial charge on any atom is -0.377 e. The summed E-state index contributed by atoms with van der Waals surface area (Å²) in [6.07, 6.45) is -3.31.